The smallest absolute Gasteiger partial charge is 0.318 e. The minimum Gasteiger partial charge on any atom is -0.373 e. The highest BCUT2D eigenvalue weighted by atomic mass is 19.3. The molecule has 1 aromatic rings. The highest BCUT2D eigenvalue weighted by molar-refractivity contribution is 5.75. The SMILES string of the molecule is CC[C@@H](c1ccncc1)N(C)C(=O)N[C@H]1COCC1(F)F.[HH]. The quantitative estimate of drug-likeness (QED) is 0.929. The highest BCUT2D eigenvalue weighted by Gasteiger charge is 2.46. The second-order valence-corrected chi connectivity index (χ2v) is 5.09. The Morgan fingerprint density at radius 1 is 1.62 bits per heavy atom. The van der Waals surface area contributed by atoms with Gasteiger partial charge in [-0.15, -0.1) is 0 Å². The van der Waals surface area contributed by atoms with Crippen LogP contribution in [0.15, 0.2) is 24.5 Å². The molecule has 0 aliphatic carbocycles. The molecule has 1 aliphatic heterocycles. The van der Waals surface area contributed by atoms with Gasteiger partial charge in [0.2, 0.25) is 0 Å². The molecular weight excluding hydrogens is 280 g/mol. The van der Waals surface area contributed by atoms with E-state index in [1.165, 1.54) is 4.90 Å². The van der Waals surface area contributed by atoms with Crippen LogP contribution in [0.25, 0.3) is 0 Å². The van der Waals surface area contributed by atoms with Crippen LogP contribution in [0.1, 0.15) is 26.4 Å². The van der Waals surface area contributed by atoms with Crippen molar-refractivity contribution in [2.45, 2.75) is 31.4 Å². The van der Waals surface area contributed by atoms with Crippen molar-refractivity contribution in [2.24, 2.45) is 0 Å². The number of carbonyl (C=O) groups excluding carboxylic acids is 1. The maximum atomic E-state index is 13.5. The normalized spacial score (nSPS) is 21.8. The zero-order valence-electron chi connectivity index (χ0n) is 12.1. The van der Waals surface area contributed by atoms with Crippen LogP contribution in [-0.2, 0) is 4.74 Å². The number of halogens is 2. The van der Waals surface area contributed by atoms with Crippen LogP contribution in [-0.4, -0.2) is 48.1 Å². The van der Waals surface area contributed by atoms with E-state index in [2.05, 4.69) is 10.3 Å². The maximum Gasteiger partial charge on any atom is 0.318 e. The molecule has 0 saturated carbocycles. The molecule has 2 rings (SSSR count). The maximum absolute atomic E-state index is 13.5. The molecule has 0 aromatic carbocycles. The van der Waals surface area contributed by atoms with Crippen molar-refractivity contribution in [1.29, 1.82) is 0 Å². The number of nitrogens with zero attached hydrogens (tertiary/aromatic N) is 2. The standard InChI is InChI=1S/C14H19F2N3O2.H2/c1-3-11(10-4-6-17-7-5-10)19(2)13(20)18-12-8-21-9-14(12,15)16;/h4-7,11-12H,3,8-9H2,1-2H3,(H,18,20);1H/t11-,12-;/m0./s1. The Hall–Kier alpha value is -1.76. The largest absolute Gasteiger partial charge is 0.373 e. The average Bonchev–Trinajstić information content (AvgIpc) is 2.79. The van der Waals surface area contributed by atoms with E-state index in [1.54, 1.807) is 19.4 Å². The van der Waals surface area contributed by atoms with Crippen LogP contribution in [0.5, 0.6) is 0 Å². The molecule has 1 N–H and O–H groups in total. The third kappa shape index (κ3) is 3.47. The predicted octanol–water partition coefficient (Wildman–Crippen LogP) is 2.45. The Kier molecular flexibility index (Phi) is 4.72. The second kappa shape index (κ2) is 6.34. The van der Waals surface area contributed by atoms with E-state index in [1.807, 2.05) is 19.1 Å². The summed E-state index contributed by atoms with van der Waals surface area (Å²) in [5.41, 5.74) is 0.916. The molecule has 0 spiro atoms. The fourth-order valence-electron chi connectivity index (χ4n) is 2.39. The molecule has 0 bridgehead atoms. The lowest BCUT2D eigenvalue weighted by Gasteiger charge is -2.29. The summed E-state index contributed by atoms with van der Waals surface area (Å²) in [6.07, 6.45) is 3.96. The topological polar surface area (TPSA) is 54.5 Å². The number of ether oxygens (including phenoxy) is 1. The number of pyridine rings is 1. The number of alkyl halides is 2. The molecule has 0 unspecified atom stereocenters. The zero-order chi connectivity index (χ0) is 15.5. The third-order valence-corrected chi connectivity index (χ3v) is 3.65. The molecule has 2 heterocycles. The van der Waals surface area contributed by atoms with Crippen molar-refractivity contribution in [1.82, 2.24) is 15.2 Å². The first-order chi connectivity index (χ1) is 9.95. The molecular formula is C14H21F2N3O2. The Morgan fingerprint density at radius 2 is 2.29 bits per heavy atom. The van der Waals surface area contributed by atoms with Crippen LogP contribution in [0.3, 0.4) is 0 Å². The van der Waals surface area contributed by atoms with E-state index in [4.69, 9.17) is 4.74 Å². The number of nitrogens with one attached hydrogen (secondary N) is 1. The number of hydrogen-bond donors (Lipinski definition) is 1. The fraction of sp³-hybridized carbons (Fsp3) is 0.571. The van der Waals surface area contributed by atoms with E-state index in [0.717, 1.165) is 5.56 Å². The summed E-state index contributed by atoms with van der Waals surface area (Å²) in [6.45, 7) is 1.12. The van der Waals surface area contributed by atoms with E-state index < -0.39 is 24.6 Å². The molecule has 7 heteroatoms. The molecule has 1 aromatic heterocycles. The third-order valence-electron chi connectivity index (χ3n) is 3.65. The van der Waals surface area contributed by atoms with Gasteiger partial charge >= 0.3 is 6.03 Å². The lowest BCUT2D eigenvalue weighted by Crippen LogP contribution is -2.51. The number of rotatable bonds is 4. The van der Waals surface area contributed by atoms with E-state index in [0.29, 0.717) is 6.42 Å². The first kappa shape index (κ1) is 15.6. The van der Waals surface area contributed by atoms with Gasteiger partial charge in [0.1, 0.15) is 12.6 Å². The molecule has 118 valence electrons. The number of urea groups is 1. The first-order valence-corrected chi connectivity index (χ1v) is 6.84. The summed E-state index contributed by atoms with van der Waals surface area (Å²) >= 11 is 0. The van der Waals surface area contributed by atoms with E-state index in [9.17, 15) is 13.6 Å². The monoisotopic (exact) mass is 301 g/mol. The Labute approximate surface area is 123 Å². The average molecular weight is 301 g/mol. The molecule has 2 atom stereocenters. The van der Waals surface area contributed by atoms with Crippen molar-refractivity contribution in [2.75, 3.05) is 20.3 Å². The van der Waals surface area contributed by atoms with Crippen molar-refractivity contribution in [3.05, 3.63) is 30.1 Å². The summed E-state index contributed by atoms with van der Waals surface area (Å²) in [5.74, 6) is -3.02. The van der Waals surface area contributed by atoms with Gasteiger partial charge in [0.25, 0.3) is 5.92 Å². The molecule has 21 heavy (non-hydrogen) atoms. The number of amides is 2. The van der Waals surface area contributed by atoms with Crippen LogP contribution < -0.4 is 5.32 Å². The zero-order valence-corrected chi connectivity index (χ0v) is 12.1. The lowest BCUT2D eigenvalue weighted by atomic mass is 10.1. The van der Waals surface area contributed by atoms with Gasteiger partial charge in [0, 0.05) is 20.9 Å². The number of carbonyl (C=O) groups is 1. The van der Waals surface area contributed by atoms with Crippen molar-refractivity contribution in [3.63, 3.8) is 0 Å². The van der Waals surface area contributed by atoms with Gasteiger partial charge in [-0.3, -0.25) is 4.98 Å². The van der Waals surface area contributed by atoms with Gasteiger partial charge in [-0.1, -0.05) is 6.92 Å². The van der Waals surface area contributed by atoms with Gasteiger partial charge in [0.05, 0.1) is 12.6 Å². The van der Waals surface area contributed by atoms with Gasteiger partial charge in [-0.05, 0) is 24.1 Å². The first-order valence-electron chi connectivity index (χ1n) is 6.84. The van der Waals surface area contributed by atoms with Gasteiger partial charge in [-0.2, -0.15) is 0 Å². The number of hydrogen-bond acceptors (Lipinski definition) is 3. The van der Waals surface area contributed by atoms with Gasteiger partial charge in [0.15, 0.2) is 0 Å². The lowest BCUT2D eigenvalue weighted by molar-refractivity contribution is -0.0224. The summed E-state index contributed by atoms with van der Waals surface area (Å²) < 4.78 is 31.7. The minimum atomic E-state index is -3.02. The molecule has 1 saturated heterocycles. The fourth-order valence-corrected chi connectivity index (χ4v) is 2.39. The van der Waals surface area contributed by atoms with E-state index >= 15 is 0 Å². The minimum absolute atomic E-state index is 0. The van der Waals surface area contributed by atoms with Gasteiger partial charge in [-0.25, -0.2) is 13.6 Å². The summed E-state index contributed by atoms with van der Waals surface area (Å²) in [5, 5.41) is 2.35. The van der Waals surface area contributed by atoms with Crippen LogP contribution >= 0.6 is 0 Å². The van der Waals surface area contributed by atoms with Crippen LogP contribution in [0.2, 0.25) is 0 Å². The number of aromatic nitrogens is 1. The van der Waals surface area contributed by atoms with Crippen molar-refractivity contribution < 1.29 is 19.7 Å². The summed E-state index contributed by atoms with van der Waals surface area (Å²) in [6, 6.07) is 1.62. The van der Waals surface area contributed by atoms with Crippen molar-refractivity contribution >= 4 is 6.03 Å². The summed E-state index contributed by atoms with van der Waals surface area (Å²) in [7, 11) is 1.60. The molecule has 0 radical (unpaired) electrons. The van der Waals surface area contributed by atoms with Crippen LogP contribution in [0, 0.1) is 0 Å². The Balaban J connectivity index is 0.00000242. The molecule has 1 aliphatic rings. The Bertz CT molecular complexity index is 490. The molecule has 5 nitrogen and oxygen atoms in total. The van der Waals surface area contributed by atoms with Crippen LogP contribution in [0.4, 0.5) is 13.6 Å². The van der Waals surface area contributed by atoms with Gasteiger partial charge < -0.3 is 15.0 Å². The second-order valence-electron chi connectivity index (χ2n) is 5.09. The van der Waals surface area contributed by atoms with Crippen molar-refractivity contribution in [3.8, 4) is 0 Å². The Morgan fingerprint density at radius 3 is 2.81 bits per heavy atom. The molecule has 2 amide bonds. The predicted molar refractivity (Wildman–Crippen MR) is 75.2 cm³/mol. The molecule has 1 fully saturated rings. The highest BCUT2D eigenvalue weighted by Crippen LogP contribution is 2.27. The summed E-state index contributed by atoms with van der Waals surface area (Å²) in [4.78, 5) is 17.5. The van der Waals surface area contributed by atoms with E-state index in [-0.39, 0.29) is 14.1 Å².